The second-order valence-electron chi connectivity index (χ2n) is 5.64. The van der Waals surface area contributed by atoms with Crippen LogP contribution in [0.2, 0.25) is 0 Å². The number of hydrogen-bond donors (Lipinski definition) is 1. The third-order valence-corrected chi connectivity index (χ3v) is 7.31. The number of nitrogens with one attached hydrogen (secondary N) is 1. The van der Waals surface area contributed by atoms with E-state index >= 15 is 0 Å². The molecule has 2 nitrogen and oxygen atoms in total. The van der Waals surface area contributed by atoms with Gasteiger partial charge in [-0.3, -0.25) is 0 Å². The fourth-order valence-corrected chi connectivity index (χ4v) is 4.99. The molecule has 0 aromatic carbocycles. The van der Waals surface area contributed by atoms with Gasteiger partial charge in [0.05, 0.1) is 3.79 Å². The number of nitrogens with zero attached hydrogens (tertiary/aromatic N) is 1. The van der Waals surface area contributed by atoms with Crippen LogP contribution in [-0.2, 0) is 6.54 Å². The molecule has 0 amide bonds. The molecule has 1 fully saturated rings. The summed E-state index contributed by atoms with van der Waals surface area (Å²) in [6.07, 6.45) is 8.34. The van der Waals surface area contributed by atoms with Crippen molar-refractivity contribution in [1.29, 1.82) is 0 Å². The van der Waals surface area contributed by atoms with Crippen molar-refractivity contribution < 1.29 is 0 Å². The summed E-state index contributed by atoms with van der Waals surface area (Å²) < 4.78 is 2.35. The molecular formula is C15H24Br2N2S. The van der Waals surface area contributed by atoms with Crippen LogP contribution in [0.25, 0.3) is 0 Å². The zero-order valence-corrected chi connectivity index (χ0v) is 16.1. The first kappa shape index (κ1) is 16.9. The number of thiophene rings is 1. The zero-order chi connectivity index (χ0) is 14.4. The minimum atomic E-state index is 0.841. The van der Waals surface area contributed by atoms with Crippen molar-refractivity contribution in [3.05, 3.63) is 19.2 Å². The molecule has 0 bridgehead atoms. The highest BCUT2D eigenvalue weighted by Gasteiger charge is 2.17. The molecule has 1 heterocycles. The Labute approximate surface area is 143 Å². The quantitative estimate of drug-likeness (QED) is 0.619. The molecule has 0 saturated heterocycles. The molecule has 2 rings (SSSR count). The van der Waals surface area contributed by atoms with Gasteiger partial charge in [0.15, 0.2) is 0 Å². The van der Waals surface area contributed by atoms with E-state index in [-0.39, 0.29) is 0 Å². The van der Waals surface area contributed by atoms with Gasteiger partial charge in [-0.25, -0.2) is 0 Å². The summed E-state index contributed by atoms with van der Waals surface area (Å²) in [5.74, 6) is 0. The average molecular weight is 424 g/mol. The van der Waals surface area contributed by atoms with E-state index in [1.165, 1.54) is 53.7 Å². The summed E-state index contributed by atoms with van der Waals surface area (Å²) in [6.45, 7) is 3.29. The minimum Gasteiger partial charge on any atom is -0.312 e. The Kier molecular flexibility index (Phi) is 7.53. The van der Waals surface area contributed by atoms with Gasteiger partial charge in [-0.1, -0.05) is 19.3 Å². The largest absolute Gasteiger partial charge is 0.312 e. The van der Waals surface area contributed by atoms with Crippen molar-refractivity contribution >= 4 is 43.2 Å². The van der Waals surface area contributed by atoms with E-state index in [0.717, 1.165) is 23.6 Å². The maximum absolute atomic E-state index is 3.54. The molecule has 0 spiro atoms. The second-order valence-corrected chi connectivity index (χ2v) is 8.95. The summed E-state index contributed by atoms with van der Waals surface area (Å²) >= 11 is 8.87. The molecule has 1 N–H and O–H groups in total. The van der Waals surface area contributed by atoms with E-state index in [1.54, 1.807) is 11.3 Å². The van der Waals surface area contributed by atoms with E-state index in [4.69, 9.17) is 0 Å². The Hall–Kier alpha value is 0.580. The fraction of sp³-hybridized carbons (Fsp3) is 0.733. The lowest BCUT2D eigenvalue weighted by Gasteiger charge is -2.31. The van der Waals surface area contributed by atoms with Crippen LogP contribution < -0.4 is 5.32 Å². The molecule has 1 aromatic heterocycles. The zero-order valence-electron chi connectivity index (χ0n) is 12.1. The maximum Gasteiger partial charge on any atom is 0.0843 e. The van der Waals surface area contributed by atoms with Crippen molar-refractivity contribution in [1.82, 2.24) is 10.2 Å². The molecule has 1 saturated carbocycles. The first-order valence-electron chi connectivity index (χ1n) is 7.51. The average Bonchev–Trinajstić information content (AvgIpc) is 2.78. The Morgan fingerprint density at radius 3 is 2.70 bits per heavy atom. The molecule has 1 aliphatic carbocycles. The topological polar surface area (TPSA) is 15.3 Å². The van der Waals surface area contributed by atoms with Crippen molar-refractivity contribution in [2.24, 2.45) is 0 Å². The Bertz CT molecular complexity index is 383. The molecule has 20 heavy (non-hydrogen) atoms. The van der Waals surface area contributed by atoms with E-state index in [9.17, 15) is 0 Å². The van der Waals surface area contributed by atoms with Gasteiger partial charge in [0.25, 0.3) is 0 Å². The smallest absolute Gasteiger partial charge is 0.0843 e. The lowest BCUT2D eigenvalue weighted by molar-refractivity contribution is 0.189. The number of halogens is 2. The van der Waals surface area contributed by atoms with Crippen LogP contribution in [0.15, 0.2) is 14.3 Å². The second kappa shape index (κ2) is 8.89. The Balaban J connectivity index is 1.56. The van der Waals surface area contributed by atoms with Crippen molar-refractivity contribution in [3.8, 4) is 0 Å². The predicted octanol–water partition coefficient (Wildman–Crippen LogP) is 5.02. The van der Waals surface area contributed by atoms with Gasteiger partial charge in [0, 0.05) is 21.9 Å². The minimum absolute atomic E-state index is 0.841. The van der Waals surface area contributed by atoms with Gasteiger partial charge in [-0.05, 0) is 77.3 Å². The summed E-state index contributed by atoms with van der Waals surface area (Å²) in [4.78, 5) is 3.95. The van der Waals surface area contributed by atoms with Crippen molar-refractivity contribution in [2.75, 3.05) is 20.1 Å². The number of rotatable bonds is 7. The summed E-state index contributed by atoms with van der Waals surface area (Å²) in [5, 5.41) is 3.54. The van der Waals surface area contributed by atoms with Crippen molar-refractivity contribution in [2.45, 2.75) is 51.1 Å². The highest BCUT2D eigenvalue weighted by molar-refractivity contribution is 9.13. The van der Waals surface area contributed by atoms with Gasteiger partial charge in [0.1, 0.15) is 0 Å². The molecule has 5 heteroatoms. The van der Waals surface area contributed by atoms with Gasteiger partial charge in [0.2, 0.25) is 0 Å². The van der Waals surface area contributed by atoms with Gasteiger partial charge >= 0.3 is 0 Å². The van der Waals surface area contributed by atoms with Crippen LogP contribution in [0, 0.1) is 0 Å². The van der Waals surface area contributed by atoms with E-state index in [2.05, 4.69) is 55.2 Å². The number of hydrogen-bond acceptors (Lipinski definition) is 3. The molecule has 0 radical (unpaired) electrons. The highest BCUT2D eigenvalue weighted by Crippen LogP contribution is 2.32. The highest BCUT2D eigenvalue weighted by atomic mass is 79.9. The molecular weight excluding hydrogens is 400 g/mol. The van der Waals surface area contributed by atoms with Gasteiger partial charge < -0.3 is 10.2 Å². The molecule has 114 valence electrons. The SMILES string of the molecule is CN(CCCNCc1cc(Br)c(Br)s1)C1CCCCC1. The predicted molar refractivity (Wildman–Crippen MR) is 95.5 cm³/mol. The van der Waals surface area contributed by atoms with E-state index in [0.29, 0.717) is 0 Å². The van der Waals surface area contributed by atoms with Crippen LogP contribution in [-0.4, -0.2) is 31.1 Å². The fourth-order valence-electron chi connectivity index (χ4n) is 2.85. The molecule has 0 unspecified atom stereocenters. The summed E-state index contributed by atoms with van der Waals surface area (Å²) in [5.41, 5.74) is 0. The Morgan fingerprint density at radius 2 is 2.05 bits per heavy atom. The first-order chi connectivity index (χ1) is 9.66. The maximum atomic E-state index is 3.54. The lowest BCUT2D eigenvalue weighted by Crippen LogP contribution is -2.35. The normalized spacial score (nSPS) is 17.0. The van der Waals surface area contributed by atoms with Crippen molar-refractivity contribution in [3.63, 3.8) is 0 Å². The summed E-state index contributed by atoms with van der Waals surface area (Å²) in [7, 11) is 2.30. The molecule has 1 aromatic rings. The summed E-state index contributed by atoms with van der Waals surface area (Å²) in [6, 6.07) is 3.03. The molecule has 0 aliphatic heterocycles. The lowest BCUT2D eigenvalue weighted by atomic mass is 9.94. The molecule has 0 atom stereocenters. The van der Waals surface area contributed by atoms with E-state index < -0.39 is 0 Å². The standard InChI is InChI=1S/C15H24Br2N2S/c1-19(12-6-3-2-4-7-12)9-5-8-18-11-13-10-14(16)15(17)20-13/h10,12,18H,2-9,11H2,1H3. The third-order valence-electron chi connectivity index (χ3n) is 4.06. The monoisotopic (exact) mass is 422 g/mol. The third kappa shape index (κ3) is 5.41. The van der Waals surface area contributed by atoms with E-state index in [1.807, 2.05) is 0 Å². The van der Waals surface area contributed by atoms with Gasteiger partial charge in [-0.15, -0.1) is 11.3 Å². The van der Waals surface area contributed by atoms with Crippen LogP contribution in [0.3, 0.4) is 0 Å². The van der Waals surface area contributed by atoms with Crippen LogP contribution in [0.5, 0.6) is 0 Å². The van der Waals surface area contributed by atoms with Crippen LogP contribution in [0.4, 0.5) is 0 Å². The first-order valence-corrected chi connectivity index (χ1v) is 9.91. The van der Waals surface area contributed by atoms with Crippen LogP contribution in [0.1, 0.15) is 43.4 Å². The van der Waals surface area contributed by atoms with Gasteiger partial charge in [-0.2, -0.15) is 0 Å². The van der Waals surface area contributed by atoms with Crippen LogP contribution >= 0.6 is 43.2 Å². The Morgan fingerprint density at radius 1 is 1.30 bits per heavy atom. The molecule has 1 aliphatic rings.